The maximum atomic E-state index is 4.18. The molecule has 0 aromatic carbocycles. The quantitative estimate of drug-likeness (QED) is 0.670. The highest BCUT2D eigenvalue weighted by Crippen LogP contribution is 2.06. The smallest absolute Gasteiger partial charge is 0.0682 e. The minimum atomic E-state index is 0.879. The van der Waals surface area contributed by atoms with Crippen molar-refractivity contribution in [3.63, 3.8) is 0 Å². The van der Waals surface area contributed by atoms with Crippen molar-refractivity contribution in [3.05, 3.63) is 16.6 Å². The van der Waals surface area contributed by atoms with E-state index in [0.717, 1.165) is 12.2 Å². The summed E-state index contributed by atoms with van der Waals surface area (Å²) >= 11 is 1.55. The number of rotatable bonds is 2. The van der Waals surface area contributed by atoms with Gasteiger partial charge in [0.05, 0.1) is 5.69 Å². The molecule has 0 aliphatic carbocycles. The molecule has 0 aliphatic heterocycles. The number of nitrogens with one attached hydrogen (secondary N) is 1. The molecule has 1 aromatic rings. The first-order chi connectivity index (χ1) is 4.33. The third-order valence-electron chi connectivity index (χ3n) is 1.03. The molecule has 0 amide bonds. The fourth-order valence-electron chi connectivity index (χ4n) is 0.682. The van der Waals surface area contributed by atoms with Crippen LogP contribution in [0, 0.1) is 6.92 Å². The van der Waals surface area contributed by atoms with E-state index in [1.807, 2.05) is 7.05 Å². The van der Waals surface area contributed by atoms with Crippen LogP contribution >= 0.6 is 11.5 Å². The zero-order chi connectivity index (χ0) is 6.69. The average molecular weight is 142 g/mol. The summed E-state index contributed by atoms with van der Waals surface area (Å²) in [7, 11) is 1.93. The van der Waals surface area contributed by atoms with Crippen LogP contribution in [-0.4, -0.2) is 11.4 Å². The minimum Gasteiger partial charge on any atom is -0.314 e. The second-order valence-electron chi connectivity index (χ2n) is 1.96. The molecular weight excluding hydrogens is 132 g/mol. The van der Waals surface area contributed by atoms with Crippen molar-refractivity contribution in [2.75, 3.05) is 7.05 Å². The van der Waals surface area contributed by atoms with Crippen molar-refractivity contribution in [1.82, 2.24) is 9.69 Å². The van der Waals surface area contributed by atoms with Crippen molar-refractivity contribution < 1.29 is 0 Å². The van der Waals surface area contributed by atoms with Gasteiger partial charge in [0, 0.05) is 11.4 Å². The zero-order valence-corrected chi connectivity index (χ0v) is 6.46. The molecule has 1 N–H and O–H groups in total. The van der Waals surface area contributed by atoms with Crippen LogP contribution in [0.25, 0.3) is 0 Å². The molecule has 0 fully saturated rings. The Kier molecular flexibility index (Phi) is 2.19. The van der Waals surface area contributed by atoms with Crippen LogP contribution in [0.2, 0.25) is 0 Å². The van der Waals surface area contributed by atoms with E-state index in [1.165, 1.54) is 4.88 Å². The van der Waals surface area contributed by atoms with Crippen LogP contribution in [0.15, 0.2) is 6.07 Å². The maximum Gasteiger partial charge on any atom is 0.0682 e. The molecule has 1 heterocycles. The summed E-state index contributed by atoms with van der Waals surface area (Å²) in [6.45, 7) is 2.95. The highest BCUT2D eigenvalue weighted by atomic mass is 32.1. The minimum absolute atomic E-state index is 0.879. The second kappa shape index (κ2) is 2.94. The van der Waals surface area contributed by atoms with Gasteiger partial charge in [0.2, 0.25) is 0 Å². The first-order valence-corrected chi connectivity index (χ1v) is 3.67. The summed E-state index contributed by atoms with van der Waals surface area (Å²) in [5, 5.41) is 3.04. The first kappa shape index (κ1) is 6.71. The van der Waals surface area contributed by atoms with Gasteiger partial charge in [-0.05, 0) is 31.6 Å². The molecule has 0 unspecified atom stereocenters. The molecule has 0 saturated heterocycles. The van der Waals surface area contributed by atoms with Gasteiger partial charge in [-0.25, -0.2) is 0 Å². The number of aryl methyl sites for hydroxylation is 1. The number of nitrogens with zero attached hydrogens (tertiary/aromatic N) is 1. The largest absolute Gasteiger partial charge is 0.314 e. The molecule has 0 aliphatic rings. The lowest BCUT2D eigenvalue weighted by atomic mass is 10.4. The van der Waals surface area contributed by atoms with Gasteiger partial charge in [-0.2, -0.15) is 4.37 Å². The predicted molar refractivity (Wildman–Crippen MR) is 39.6 cm³/mol. The molecule has 9 heavy (non-hydrogen) atoms. The zero-order valence-electron chi connectivity index (χ0n) is 5.64. The van der Waals surface area contributed by atoms with E-state index in [2.05, 4.69) is 22.7 Å². The van der Waals surface area contributed by atoms with Crippen LogP contribution in [0.1, 0.15) is 10.6 Å². The molecule has 0 saturated carbocycles. The van der Waals surface area contributed by atoms with Crippen LogP contribution in [0.5, 0.6) is 0 Å². The fourth-order valence-corrected chi connectivity index (χ4v) is 1.25. The molecular formula is C6H10N2S. The van der Waals surface area contributed by atoms with Gasteiger partial charge in [-0.3, -0.25) is 0 Å². The molecule has 0 bridgehead atoms. The predicted octanol–water partition coefficient (Wildman–Crippen LogP) is 1.17. The van der Waals surface area contributed by atoms with Gasteiger partial charge < -0.3 is 5.32 Å². The number of aromatic nitrogens is 1. The van der Waals surface area contributed by atoms with Gasteiger partial charge in [0.25, 0.3) is 0 Å². The molecule has 1 aromatic heterocycles. The summed E-state index contributed by atoms with van der Waals surface area (Å²) in [5.41, 5.74) is 1.14. The van der Waals surface area contributed by atoms with E-state index in [0.29, 0.717) is 0 Å². The lowest BCUT2D eigenvalue weighted by Crippen LogP contribution is -2.04. The average Bonchev–Trinajstić information content (AvgIpc) is 2.17. The molecule has 0 radical (unpaired) electrons. The van der Waals surface area contributed by atoms with E-state index < -0.39 is 0 Å². The van der Waals surface area contributed by atoms with Gasteiger partial charge in [0.1, 0.15) is 0 Å². The Morgan fingerprint density at radius 2 is 2.56 bits per heavy atom. The summed E-state index contributed by atoms with van der Waals surface area (Å²) in [5.74, 6) is 0. The van der Waals surface area contributed by atoms with Crippen molar-refractivity contribution in [2.45, 2.75) is 13.5 Å². The topological polar surface area (TPSA) is 24.9 Å². The molecule has 0 spiro atoms. The Morgan fingerprint density at radius 3 is 3.00 bits per heavy atom. The Labute approximate surface area is 59.1 Å². The standard InChI is InChI=1S/C6H10N2S/c1-5-3-6(4-7-2)8-9-5/h3,7H,4H2,1-2H3. The molecule has 2 nitrogen and oxygen atoms in total. The molecule has 3 heteroatoms. The highest BCUT2D eigenvalue weighted by Gasteiger charge is 1.93. The van der Waals surface area contributed by atoms with Crippen LogP contribution in [0.4, 0.5) is 0 Å². The summed E-state index contributed by atoms with van der Waals surface area (Å²) in [4.78, 5) is 1.28. The first-order valence-electron chi connectivity index (χ1n) is 2.89. The highest BCUT2D eigenvalue weighted by molar-refractivity contribution is 7.05. The van der Waals surface area contributed by atoms with E-state index in [9.17, 15) is 0 Å². The molecule has 1 rings (SSSR count). The van der Waals surface area contributed by atoms with Gasteiger partial charge >= 0.3 is 0 Å². The van der Waals surface area contributed by atoms with Gasteiger partial charge in [-0.1, -0.05) is 0 Å². The monoisotopic (exact) mass is 142 g/mol. The Bertz CT molecular complexity index is 183. The SMILES string of the molecule is CNCc1cc(C)sn1. The van der Waals surface area contributed by atoms with Gasteiger partial charge in [0.15, 0.2) is 0 Å². The Morgan fingerprint density at radius 1 is 1.78 bits per heavy atom. The van der Waals surface area contributed by atoms with E-state index in [-0.39, 0.29) is 0 Å². The third kappa shape index (κ3) is 1.77. The maximum absolute atomic E-state index is 4.18. The molecule has 0 atom stereocenters. The Balaban J connectivity index is 2.61. The lowest BCUT2D eigenvalue weighted by molar-refractivity contribution is 0.802. The third-order valence-corrected chi connectivity index (χ3v) is 1.77. The van der Waals surface area contributed by atoms with Crippen LogP contribution < -0.4 is 5.32 Å². The Hall–Kier alpha value is -0.410. The number of hydrogen-bond donors (Lipinski definition) is 1. The van der Waals surface area contributed by atoms with Crippen molar-refractivity contribution in [3.8, 4) is 0 Å². The molecule has 50 valence electrons. The van der Waals surface area contributed by atoms with E-state index >= 15 is 0 Å². The van der Waals surface area contributed by atoms with Crippen molar-refractivity contribution >= 4 is 11.5 Å². The van der Waals surface area contributed by atoms with Crippen LogP contribution in [0.3, 0.4) is 0 Å². The number of hydrogen-bond acceptors (Lipinski definition) is 3. The van der Waals surface area contributed by atoms with Crippen molar-refractivity contribution in [1.29, 1.82) is 0 Å². The summed E-state index contributed by atoms with van der Waals surface area (Å²) < 4.78 is 4.18. The van der Waals surface area contributed by atoms with Crippen LogP contribution in [-0.2, 0) is 6.54 Å². The van der Waals surface area contributed by atoms with E-state index in [1.54, 1.807) is 11.5 Å². The normalized spacial score (nSPS) is 10.0. The van der Waals surface area contributed by atoms with Crippen molar-refractivity contribution in [2.24, 2.45) is 0 Å². The lowest BCUT2D eigenvalue weighted by Gasteiger charge is -1.88. The van der Waals surface area contributed by atoms with Gasteiger partial charge in [-0.15, -0.1) is 0 Å². The summed E-state index contributed by atoms with van der Waals surface area (Å²) in [6.07, 6.45) is 0. The summed E-state index contributed by atoms with van der Waals surface area (Å²) in [6, 6.07) is 2.10. The van der Waals surface area contributed by atoms with E-state index in [4.69, 9.17) is 0 Å². The second-order valence-corrected chi connectivity index (χ2v) is 2.97. The fraction of sp³-hybridized carbons (Fsp3) is 0.500.